The molecule has 0 amide bonds. The van der Waals surface area contributed by atoms with Crippen molar-refractivity contribution in [1.82, 2.24) is 0 Å². The van der Waals surface area contributed by atoms with Crippen LogP contribution in [0.25, 0.3) is 99.2 Å². The summed E-state index contributed by atoms with van der Waals surface area (Å²) in [5, 5.41) is 6.99. The smallest absolute Gasteiger partial charge is 0.143 e. The van der Waals surface area contributed by atoms with Gasteiger partial charge in [-0.2, -0.15) is 0 Å². The predicted molar refractivity (Wildman–Crippen MR) is 255 cm³/mol. The highest BCUT2D eigenvalue weighted by Crippen LogP contribution is 2.42. The van der Waals surface area contributed by atoms with Crippen molar-refractivity contribution in [3.63, 3.8) is 0 Å². The van der Waals surface area contributed by atoms with E-state index in [4.69, 9.17) is 8.83 Å². The molecular weight excluding hydrogens is 743 g/mol. The third kappa shape index (κ3) is 5.98. The lowest BCUT2D eigenvalue weighted by molar-refractivity contribution is 0.669. The van der Waals surface area contributed by atoms with E-state index < -0.39 is 0 Å². The van der Waals surface area contributed by atoms with Crippen molar-refractivity contribution in [3.8, 4) is 44.5 Å². The summed E-state index contributed by atoms with van der Waals surface area (Å²) < 4.78 is 12.7. The summed E-state index contributed by atoms with van der Waals surface area (Å²) in [5.74, 6) is 0. The lowest BCUT2D eigenvalue weighted by atomic mass is 9.97. The van der Waals surface area contributed by atoms with Gasteiger partial charge in [0.05, 0.1) is 0 Å². The van der Waals surface area contributed by atoms with Crippen LogP contribution < -0.4 is 4.90 Å². The molecular formula is C58H37NO2. The van der Waals surface area contributed by atoms with E-state index >= 15 is 0 Å². The maximum atomic E-state index is 6.50. The molecule has 0 spiro atoms. The first-order valence-electron chi connectivity index (χ1n) is 20.7. The van der Waals surface area contributed by atoms with E-state index in [-0.39, 0.29) is 0 Å². The summed E-state index contributed by atoms with van der Waals surface area (Å²) in [6.45, 7) is 0. The van der Waals surface area contributed by atoms with Crippen LogP contribution in [0.4, 0.5) is 17.1 Å². The minimum atomic E-state index is 0.887. The van der Waals surface area contributed by atoms with Crippen molar-refractivity contribution in [2.45, 2.75) is 0 Å². The van der Waals surface area contributed by atoms with Gasteiger partial charge in [0.25, 0.3) is 0 Å². The fraction of sp³-hybridized carbons (Fsp3) is 0. The van der Waals surface area contributed by atoms with Gasteiger partial charge in [-0.3, -0.25) is 0 Å². The predicted octanol–water partition coefficient (Wildman–Crippen LogP) is 16.8. The topological polar surface area (TPSA) is 29.5 Å². The SMILES string of the molecule is c1ccc(-c2cccc3c2oc2ccc(-c4ccc(N(c5ccc(-c6cccc7ccccc67)cc5)c5ccc(-c6cccc7oc8ccccc8c67)cc5)cc4)cc23)cc1. The first kappa shape index (κ1) is 34.9. The largest absolute Gasteiger partial charge is 0.456 e. The second-order valence-corrected chi connectivity index (χ2v) is 15.6. The minimum absolute atomic E-state index is 0.887. The number of nitrogens with zero attached hydrogens (tertiary/aromatic N) is 1. The molecule has 2 heterocycles. The van der Waals surface area contributed by atoms with Gasteiger partial charge in [0, 0.05) is 44.2 Å². The summed E-state index contributed by atoms with van der Waals surface area (Å²) in [6.07, 6.45) is 0. The minimum Gasteiger partial charge on any atom is -0.456 e. The average molecular weight is 780 g/mol. The summed E-state index contributed by atoms with van der Waals surface area (Å²) in [6, 6.07) is 79.9. The number of rotatable bonds is 7. The Balaban J connectivity index is 0.934. The van der Waals surface area contributed by atoms with Gasteiger partial charge >= 0.3 is 0 Å². The number of fused-ring (bicyclic) bond motifs is 7. The van der Waals surface area contributed by atoms with Gasteiger partial charge in [-0.15, -0.1) is 0 Å². The maximum Gasteiger partial charge on any atom is 0.143 e. The normalized spacial score (nSPS) is 11.6. The molecule has 0 radical (unpaired) electrons. The van der Waals surface area contributed by atoms with Crippen molar-refractivity contribution in [3.05, 3.63) is 224 Å². The van der Waals surface area contributed by atoms with E-state index in [2.05, 4.69) is 211 Å². The van der Waals surface area contributed by atoms with Crippen molar-refractivity contribution < 1.29 is 8.83 Å². The third-order valence-corrected chi connectivity index (χ3v) is 12.1. The molecule has 0 bridgehead atoms. The molecule has 0 fully saturated rings. The highest BCUT2D eigenvalue weighted by molar-refractivity contribution is 6.13. The molecule has 3 heteroatoms. The van der Waals surface area contributed by atoms with Crippen molar-refractivity contribution in [2.75, 3.05) is 4.90 Å². The second-order valence-electron chi connectivity index (χ2n) is 15.6. The number of para-hydroxylation sites is 2. The molecule has 0 atom stereocenters. The standard InChI is InChI=1S/C58H37NO2/c1-2-11-40(12-3-1)50-19-9-20-51-53-37-43(29-36-55(53)61-58(50)51)38-23-30-44(31-24-38)59(45-32-25-41(26-33-45)48-17-8-14-39-13-4-5-15-47(39)48)46-34-27-42(28-35-46)49-18-10-22-56-57(49)52-16-6-7-21-54(52)60-56/h1-37H. The van der Waals surface area contributed by atoms with Crippen LogP contribution in [0.15, 0.2) is 233 Å². The lowest BCUT2D eigenvalue weighted by Crippen LogP contribution is -2.09. The highest BCUT2D eigenvalue weighted by Gasteiger charge is 2.18. The van der Waals surface area contributed by atoms with Gasteiger partial charge < -0.3 is 13.7 Å². The number of furan rings is 2. The van der Waals surface area contributed by atoms with Crippen LogP contribution in [0.5, 0.6) is 0 Å². The van der Waals surface area contributed by atoms with E-state index in [1.807, 2.05) is 18.2 Å². The molecule has 61 heavy (non-hydrogen) atoms. The zero-order valence-electron chi connectivity index (χ0n) is 33.1. The van der Waals surface area contributed by atoms with Gasteiger partial charge in [0.1, 0.15) is 22.3 Å². The molecule has 0 N–H and O–H groups in total. The summed E-state index contributed by atoms with van der Waals surface area (Å²) in [5.41, 5.74) is 16.1. The van der Waals surface area contributed by atoms with Gasteiger partial charge in [-0.05, 0) is 110 Å². The van der Waals surface area contributed by atoms with Crippen LogP contribution in [0.2, 0.25) is 0 Å². The Labute approximate surface area is 353 Å². The van der Waals surface area contributed by atoms with Crippen LogP contribution in [-0.2, 0) is 0 Å². The van der Waals surface area contributed by atoms with Crippen molar-refractivity contribution in [2.24, 2.45) is 0 Å². The van der Waals surface area contributed by atoms with Gasteiger partial charge in [0.2, 0.25) is 0 Å². The maximum absolute atomic E-state index is 6.50. The number of benzene rings is 10. The molecule has 12 aromatic rings. The van der Waals surface area contributed by atoms with Crippen LogP contribution in [0.1, 0.15) is 0 Å². The molecule has 0 saturated carbocycles. The Hall–Kier alpha value is -8.14. The molecule has 0 unspecified atom stereocenters. The fourth-order valence-corrected chi connectivity index (χ4v) is 9.15. The fourth-order valence-electron chi connectivity index (χ4n) is 9.15. The Kier molecular flexibility index (Phi) is 8.17. The average Bonchev–Trinajstić information content (AvgIpc) is 3.91. The van der Waals surface area contributed by atoms with Gasteiger partial charge in [0.15, 0.2) is 0 Å². The molecule has 0 aliphatic carbocycles. The lowest BCUT2D eigenvalue weighted by Gasteiger charge is -2.26. The highest BCUT2D eigenvalue weighted by atomic mass is 16.3. The molecule has 0 saturated heterocycles. The number of hydrogen-bond acceptors (Lipinski definition) is 3. The summed E-state index contributed by atoms with van der Waals surface area (Å²) >= 11 is 0. The Morgan fingerprint density at radius 2 is 0.787 bits per heavy atom. The first-order valence-corrected chi connectivity index (χ1v) is 20.7. The Morgan fingerprint density at radius 3 is 1.56 bits per heavy atom. The first-order chi connectivity index (χ1) is 30.2. The van der Waals surface area contributed by atoms with Crippen LogP contribution >= 0.6 is 0 Å². The molecule has 0 aliphatic rings. The van der Waals surface area contributed by atoms with E-state index in [0.29, 0.717) is 0 Å². The van der Waals surface area contributed by atoms with Crippen LogP contribution in [0, 0.1) is 0 Å². The Bertz CT molecular complexity index is 3560. The van der Waals surface area contributed by atoms with Crippen molar-refractivity contribution >= 4 is 71.7 Å². The van der Waals surface area contributed by atoms with E-state index in [1.165, 1.54) is 21.9 Å². The second kappa shape index (κ2) is 14.3. The molecule has 2 aromatic heterocycles. The quantitative estimate of drug-likeness (QED) is 0.161. The molecule has 12 rings (SSSR count). The number of anilines is 3. The summed E-state index contributed by atoms with van der Waals surface area (Å²) in [7, 11) is 0. The molecule has 0 aliphatic heterocycles. The zero-order valence-corrected chi connectivity index (χ0v) is 33.1. The molecule has 286 valence electrons. The van der Waals surface area contributed by atoms with Crippen molar-refractivity contribution in [1.29, 1.82) is 0 Å². The number of hydrogen-bond donors (Lipinski definition) is 0. The van der Waals surface area contributed by atoms with Crippen LogP contribution in [-0.4, -0.2) is 0 Å². The zero-order chi connectivity index (χ0) is 40.3. The van der Waals surface area contributed by atoms with E-state index in [1.54, 1.807) is 0 Å². The van der Waals surface area contributed by atoms with E-state index in [0.717, 1.165) is 94.3 Å². The summed E-state index contributed by atoms with van der Waals surface area (Å²) in [4.78, 5) is 2.34. The van der Waals surface area contributed by atoms with Crippen LogP contribution in [0.3, 0.4) is 0 Å². The third-order valence-electron chi connectivity index (χ3n) is 12.1. The monoisotopic (exact) mass is 779 g/mol. The van der Waals surface area contributed by atoms with Gasteiger partial charge in [-0.1, -0.05) is 164 Å². The van der Waals surface area contributed by atoms with Gasteiger partial charge in [-0.25, -0.2) is 0 Å². The Morgan fingerprint density at radius 1 is 0.279 bits per heavy atom. The molecule has 3 nitrogen and oxygen atoms in total. The van der Waals surface area contributed by atoms with E-state index in [9.17, 15) is 0 Å². The molecule has 10 aromatic carbocycles.